The van der Waals surface area contributed by atoms with Crippen molar-refractivity contribution >= 4 is 27.7 Å². The molecule has 0 saturated heterocycles. The van der Waals surface area contributed by atoms with Crippen molar-refractivity contribution in [1.82, 2.24) is 19.7 Å². The first-order valence-electron chi connectivity index (χ1n) is 11.9. The fourth-order valence-electron chi connectivity index (χ4n) is 5.22. The van der Waals surface area contributed by atoms with E-state index < -0.39 is 0 Å². The molecule has 6 nitrogen and oxygen atoms in total. The van der Waals surface area contributed by atoms with Crippen LogP contribution >= 0.6 is 0 Å². The molecule has 2 heterocycles. The van der Waals surface area contributed by atoms with Crippen molar-refractivity contribution in [3.8, 4) is 0 Å². The summed E-state index contributed by atoms with van der Waals surface area (Å²) >= 11 is 0. The van der Waals surface area contributed by atoms with Crippen LogP contribution in [0.2, 0.25) is 0 Å². The van der Waals surface area contributed by atoms with Crippen LogP contribution in [0.1, 0.15) is 38.7 Å². The van der Waals surface area contributed by atoms with E-state index >= 15 is 0 Å². The summed E-state index contributed by atoms with van der Waals surface area (Å²) < 4.78 is 16.6. The number of rotatable bonds is 5. The lowest BCUT2D eigenvalue weighted by Gasteiger charge is -2.34. The van der Waals surface area contributed by atoms with Crippen molar-refractivity contribution in [3.63, 3.8) is 0 Å². The molecule has 1 aliphatic rings. The molecule has 1 amide bonds. The van der Waals surface area contributed by atoms with Gasteiger partial charge in [0.2, 0.25) is 5.91 Å². The van der Waals surface area contributed by atoms with Gasteiger partial charge in [0.25, 0.3) is 5.56 Å². The SMILES string of the molecule is C[C@H]1[C@H](C)CCC[C@@H]1NC(=O)Cn1ncc2c3ccccc3n(Cc3ccc(F)cc3)c2c1=O. The minimum absolute atomic E-state index is 0.121. The predicted molar refractivity (Wildman–Crippen MR) is 131 cm³/mol. The second-order valence-electron chi connectivity index (χ2n) is 9.54. The summed E-state index contributed by atoms with van der Waals surface area (Å²) in [6.07, 6.45) is 4.91. The summed E-state index contributed by atoms with van der Waals surface area (Å²) in [7, 11) is 0. The smallest absolute Gasteiger partial charge is 0.291 e. The third-order valence-electron chi connectivity index (χ3n) is 7.37. The predicted octanol–water partition coefficient (Wildman–Crippen LogP) is 4.48. The number of benzene rings is 2. The van der Waals surface area contributed by atoms with E-state index in [-0.39, 0.29) is 29.9 Å². The number of nitrogens with one attached hydrogen (secondary N) is 1. The zero-order valence-electron chi connectivity index (χ0n) is 19.5. The molecule has 0 unspecified atom stereocenters. The minimum Gasteiger partial charge on any atom is -0.351 e. The number of halogens is 1. The third-order valence-corrected chi connectivity index (χ3v) is 7.37. The number of carbonyl (C=O) groups is 1. The maximum Gasteiger partial charge on any atom is 0.291 e. The maximum absolute atomic E-state index is 13.5. The summed E-state index contributed by atoms with van der Waals surface area (Å²) in [5.41, 5.74) is 1.96. The third kappa shape index (κ3) is 4.11. The number of para-hydroxylation sites is 1. The number of nitrogens with zero attached hydrogens (tertiary/aromatic N) is 3. The Morgan fingerprint density at radius 2 is 1.85 bits per heavy atom. The fourth-order valence-corrected chi connectivity index (χ4v) is 5.22. The Morgan fingerprint density at radius 1 is 1.09 bits per heavy atom. The average Bonchev–Trinajstić information content (AvgIpc) is 3.14. The number of carbonyl (C=O) groups excluding carboxylic acids is 1. The van der Waals surface area contributed by atoms with E-state index in [1.54, 1.807) is 18.3 Å². The van der Waals surface area contributed by atoms with Gasteiger partial charge in [-0.25, -0.2) is 9.07 Å². The number of hydrogen-bond donors (Lipinski definition) is 1. The van der Waals surface area contributed by atoms with Crippen molar-refractivity contribution < 1.29 is 9.18 Å². The molecular weight excluding hydrogens is 431 g/mol. The summed E-state index contributed by atoms with van der Waals surface area (Å²) in [5.74, 6) is 0.479. The zero-order valence-corrected chi connectivity index (χ0v) is 19.5. The van der Waals surface area contributed by atoms with Crippen LogP contribution < -0.4 is 10.9 Å². The Bertz CT molecular complexity index is 1410. The van der Waals surface area contributed by atoms with Crippen LogP contribution in [-0.4, -0.2) is 26.3 Å². The standard InChI is InChI=1S/C27H29FN4O2/c1-17-6-5-8-23(18(17)2)30-25(33)16-32-27(34)26-22(14-29-32)21-7-3-4-9-24(21)31(26)15-19-10-12-20(28)13-11-19/h3-4,7,9-14,17-18,23H,5-6,8,15-16H2,1-2H3,(H,30,33)/t17-,18+,23+/m1/s1. The Hall–Kier alpha value is -3.48. The van der Waals surface area contributed by atoms with E-state index in [1.165, 1.54) is 23.2 Å². The highest BCUT2D eigenvalue weighted by Gasteiger charge is 2.28. The van der Waals surface area contributed by atoms with E-state index in [0.717, 1.165) is 34.7 Å². The molecule has 0 radical (unpaired) electrons. The second kappa shape index (κ2) is 9.05. The second-order valence-corrected chi connectivity index (χ2v) is 9.54. The van der Waals surface area contributed by atoms with E-state index in [0.29, 0.717) is 23.9 Å². The highest BCUT2D eigenvalue weighted by molar-refractivity contribution is 6.07. The van der Waals surface area contributed by atoms with Crippen molar-refractivity contribution in [2.45, 2.75) is 52.2 Å². The van der Waals surface area contributed by atoms with E-state index in [4.69, 9.17) is 0 Å². The summed E-state index contributed by atoms with van der Waals surface area (Å²) in [6, 6.07) is 14.2. The molecule has 4 aromatic rings. The minimum atomic E-state index is -0.309. The normalized spacial score (nSPS) is 20.6. The lowest BCUT2D eigenvalue weighted by atomic mass is 9.78. The van der Waals surface area contributed by atoms with Crippen molar-refractivity contribution in [3.05, 3.63) is 76.5 Å². The van der Waals surface area contributed by atoms with Gasteiger partial charge in [0.15, 0.2) is 0 Å². The first kappa shape index (κ1) is 22.3. The van der Waals surface area contributed by atoms with Crippen LogP contribution in [0.4, 0.5) is 4.39 Å². The van der Waals surface area contributed by atoms with Crippen LogP contribution in [0.5, 0.6) is 0 Å². The van der Waals surface area contributed by atoms with Crippen LogP contribution in [0, 0.1) is 17.7 Å². The summed E-state index contributed by atoms with van der Waals surface area (Å²) in [4.78, 5) is 26.4. The molecule has 0 spiro atoms. The van der Waals surface area contributed by atoms with Gasteiger partial charge in [0.05, 0.1) is 6.20 Å². The lowest BCUT2D eigenvalue weighted by molar-refractivity contribution is -0.123. The molecule has 1 N–H and O–H groups in total. The molecule has 1 fully saturated rings. The molecular formula is C27H29FN4O2. The van der Waals surface area contributed by atoms with Gasteiger partial charge in [-0.2, -0.15) is 5.10 Å². The lowest BCUT2D eigenvalue weighted by Crippen LogP contribution is -2.45. The van der Waals surface area contributed by atoms with Crippen LogP contribution in [0.15, 0.2) is 59.5 Å². The van der Waals surface area contributed by atoms with Crippen LogP contribution in [0.3, 0.4) is 0 Å². The Labute approximate surface area is 197 Å². The van der Waals surface area contributed by atoms with Gasteiger partial charge in [0, 0.05) is 28.9 Å². The quantitative estimate of drug-likeness (QED) is 0.478. The van der Waals surface area contributed by atoms with Crippen LogP contribution in [-0.2, 0) is 17.9 Å². The van der Waals surface area contributed by atoms with Gasteiger partial charge in [-0.1, -0.05) is 57.0 Å². The van der Waals surface area contributed by atoms with Gasteiger partial charge in [0.1, 0.15) is 17.9 Å². The van der Waals surface area contributed by atoms with Crippen LogP contribution in [0.25, 0.3) is 21.8 Å². The Kier molecular flexibility index (Phi) is 5.94. The number of fused-ring (bicyclic) bond motifs is 3. The molecule has 176 valence electrons. The number of aromatic nitrogens is 3. The van der Waals surface area contributed by atoms with Gasteiger partial charge < -0.3 is 9.88 Å². The zero-order chi connectivity index (χ0) is 23.8. The molecule has 1 saturated carbocycles. The first-order valence-corrected chi connectivity index (χ1v) is 11.9. The average molecular weight is 461 g/mol. The maximum atomic E-state index is 13.5. The van der Waals surface area contributed by atoms with Crippen molar-refractivity contribution in [2.75, 3.05) is 0 Å². The fraction of sp³-hybridized carbons (Fsp3) is 0.370. The molecule has 2 aromatic carbocycles. The van der Waals surface area contributed by atoms with Gasteiger partial charge in [-0.05, 0) is 42.0 Å². The molecule has 0 aliphatic heterocycles. The Morgan fingerprint density at radius 3 is 2.65 bits per heavy atom. The monoisotopic (exact) mass is 460 g/mol. The number of hydrogen-bond acceptors (Lipinski definition) is 3. The van der Waals surface area contributed by atoms with E-state index in [1.807, 2.05) is 28.8 Å². The topological polar surface area (TPSA) is 68.9 Å². The molecule has 5 rings (SSSR count). The first-order chi connectivity index (χ1) is 16.4. The molecule has 2 aromatic heterocycles. The Balaban J connectivity index is 1.50. The summed E-state index contributed by atoms with van der Waals surface area (Å²) in [6.45, 7) is 4.69. The molecule has 34 heavy (non-hydrogen) atoms. The van der Waals surface area contributed by atoms with E-state index in [9.17, 15) is 14.0 Å². The molecule has 3 atom stereocenters. The van der Waals surface area contributed by atoms with Gasteiger partial charge >= 0.3 is 0 Å². The van der Waals surface area contributed by atoms with Gasteiger partial charge in [-0.15, -0.1) is 0 Å². The van der Waals surface area contributed by atoms with Gasteiger partial charge in [-0.3, -0.25) is 9.59 Å². The molecule has 0 bridgehead atoms. The van der Waals surface area contributed by atoms with Crippen molar-refractivity contribution in [2.24, 2.45) is 11.8 Å². The largest absolute Gasteiger partial charge is 0.351 e. The van der Waals surface area contributed by atoms with Crippen molar-refractivity contribution in [1.29, 1.82) is 0 Å². The number of amides is 1. The highest BCUT2D eigenvalue weighted by atomic mass is 19.1. The molecule has 7 heteroatoms. The molecule has 1 aliphatic carbocycles. The highest BCUT2D eigenvalue weighted by Crippen LogP contribution is 2.30. The van der Waals surface area contributed by atoms with E-state index in [2.05, 4.69) is 24.3 Å². The summed E-state index contributed by atoms with van der Waals surface area (Å²) in [5, 5.41) is 9.13.